The van der Waals surface area contributed by atoms with Gasteiger partial charge in [0.1, 0.15) is 5.82 Å². The molecule has 0 radical (unpaired) electrons. The number of hydrazine groups is 1. The van der Waals surface area contributed by atoms with E-state index in [2.05, 4.69) is 10.4 Å². The molecule has 0 unspecified atom stereocenters. The van der Waals surface area contributed by atoms with Crippen LogP contribution in [0.4, 0.5) is 5.82 Å². The molecule has 1 aromatic rings. The molecule has 3 N–H and O–H groups in total. The Kier molecular flexibility index (Phi) is 3.72. The first-order valence-corrected chi connectivity index (χ1v) is 5.46. The second-order valence-electron chi connectivity index (χ2n) is 5.22. The molecule has 1 aromatic heterocycles. The number of nitrogens with two attached hydrogens (primary N) is 1. The molecule has 1 heterocycles. The average molecular weight is 236 g/mol. The summed E-state index contributed by atoms with van der Waals surface area (Å²) in [6.07, 6.45) is 0. The summed E-state index contributed by atoms with van der Waals surface area (Å²) in [5, 5.41) is 0. The van der Waals surface area contributed by atoms with Crippen LogP contribution in [0, 0.1) is 0 Å². The molecule has 0 aliphatic heterocycles. The lowest BCUT2D eigenvalue weighted by atomic mass is 9.90. The van der Waals surface area contributed by atoms with Crippen molar-refractivity contribution in [2.45, 2.75) is 26.2 Å². The molecule has 1 amide bonds. The summed E-state index contributed by atoms with van der Waals surface area (Å²) in [5.41, 5.74) is 3.78. The highest BCUT2D eigenvalue weighted by Crippen LogP contribution is 2.23. The molecule has 0 aromatic carbocycles. The van der Waals surface area contributed by atoms with E-state index in [4.69, 9.17) is 5.84 Å². The Morgan fingerprint density at radius 3 is 2.35 bits per heavy atom. The highest BCUT2D eigenvalue weighted by molar-refractivity contribution is 5.94. The predicted molar refractivity (Wildman–Crippen MR) is 68.8 cm³/mol. The molecule has 0 fully saturated rings. The van der Waals surface area contributed by atoms with E-state index in [-0.39, 0.29) is 11.3 Å². The Labute approximate surface area is 102 Å². The van der Waals surface area contributed by atoms with Gasteiger partial charge in [-0.2, -0.15) is 0 Å². The molecule has 5 nitrogen and oxygen atoms in total. The van der Waals surface area contributed by atoms with Crippen LogP contribution in [-0.2, 0) is 5.41 Å². The summed E-state index contributed by atoms with van der Waals surface area (Å²) >= 11 is 0. The van der Waals surface area contributed by atoms with Gasteiger partial charge in [-0.05, 0) is 12.1 Å². The number of aromatic nitrogens is 1. The zero-order chi connectivity index (χ0) is 13.2. The van der Waals surface area contributed by atoms with E-state index < -0.39 is 0 Å². The first-order valence-electron chi connectivity index (χ1n) is 5.46. The number of nitrogens with zero attached hydrogens (tertiary/aromatic N) is 2. The monoisotopic (exact) mass is 236 g/mol. The standard InChI is InChI=1S/C12H20N4O/c1-12(2,3)9-6-8(11(17)16(4)5)7-10(14-9)15-13/h6-7H,13H2,1-5H3,(H,14,15). The van der Waals surface area contributed by atoms with Crippen molar-refractivity contribution in [3.05, 3.63) is 23.4 Å². The van der Waals surface area contributed by atoms with Gasteiger partial charge in [-0.15, -0.1) is 0 Å². The number of amides is 1. The zero-order valence-corrected chi connectivity index (χ0v) is 11.0. The van der Waals surface area contributed by atoms with Crippen LogP contribution in [0.5, 0.6) is 0 Å². The number of hydrogen-bond acceptors (Lipinski definition) is 4. The van der Waals surface area contributed by atoms with Crippen LogP contribution < -0.4 is 11.3 Å². The quantitative estimate of drug-likeness (QED) is 0.601. The molecule has 0 spiro atoms. The van der Waals surface area contributed by atoms with Gasteiger partial charge in [0.15, 0.2) is 0 Å². The summed E-state index contributed by atoms with van der Waals surface area (Å²) in [4.78, 5) is 17.8. The number of nitrogen functional groups attached to an aromatic ring is 1. The number of nitrogens with one attached hydrogen (secondary N) is 1. The maximum absolute atomic E-state index is 11.9. The minimum Gasteiger partial charge on any atom is -0.345 e. The van der Waals surface area contributed by atoms with Crippen molar-refractivity contribution in [1.82, 2.24) is 9.88 Å². The predicted octanol–water partition coefficient (Wildman–Crippen LogP) is 1.37. The van der Waals surface area contributed by atoms with Crippen LogP contribution in [0.3, 0.4) is 0 Å². The minimum atomic E-state index is -0.131. The van der Waals surface area contributed by atoms with Gasteiger partial charge in [0.05, 0.1) is 0 Å². The lowest BCUT2D eigenvalue weighted by molar-refractivity contribution is 0.0827. The summed E-state index contributed by atoms with van der Waals surface area (Å²) < 4.78 is 0. The van der Waals surface area contributed by atoms with Gasteiger partial charge in [0.25, 0.3) is 5.91 Å². The summed E-state index contributed by atoms with van der Waals surface area (Å²) in [7, 11) is 3.43. The maximum Gasteiger partial charge on any atom is 0.253 e. The van der Waals surface area contributed by atoms with Crippen molar-refractivity contribution >= 4 is 11.7 Å². The number of carbonyl (C=O) groups is 1. The summed E-state index contributed by atoms with van der Waals surface area (Å²) in [6.45, 7) is 6.12. The van der Waals surface area contributed by atoms with Crippen molar-refractivity contribution in [1.29, 1.82) is 0 Å². The van der Waals surface area contributed by atoms with Crippen LogP contribution >= 0.6 is 0 Å². The maximum atomic E-state index is 11.9. The fourth-order valence-corrected chi connectivity index (χ4v) is 1.37. The van der Waals surface area contributed by atoms with Crippen LogP contribution in [-0.4, -0.2) is 29.9 Å². The highest BCUT2D eigenvalue weighted by atomic mass is 16.2. The smallest absolute Gasteiger partial charge is 0.253 e. The number of rotatable bonds is 2. The average Bonchev–Trinajstić information content (AvgIpc) is 2.26. The van der Waals surface area contributed by atoms with Gasteiger partial charge in [-0.1, -0.05) is 20.8 Å². The second kappa shape index (κ2) is 4.71. The SMILES string of the molecule is CN(C)C(=O)c1cc(NN)nc(C(C)(C)C)c1. The molecular weight excluding hydrogens is 216 g/mol. The lowest BCUT2D eigenvalue weighted by Gasteiger charge is -2.20. The second-order valence-corrected chi connectivity index (χ2v) is 5.22. The van der Waals surface area contributed by atoms with Crippen LogP contribution in [0.25, 0.3) is 0 Å². The van der Waals surface area contributed by atoms with E-state index in [1.165, 1.54) is 4.90 Å². The van der Waals surface area contributed by atoms with Gasteiger partial charge in [0, 0.05) is 30.8 Å². The third-order valence-corrected chi connectivity index (χ3v) is 2.39. The molecule has 5 heteroatoms. The largest absolute Gasteiger partial charge is 0.345 e. The summed E-state index contributed by atoms with van der Waals surface area (Å²) in [6, 6.07) is 3.46. The minimum absolute atomic E-state index is 0.0607. The normalized spacial score (nSPS) is 11.2. The molecule has 94 valence electrons. The van der Waals surface area contributed by atoms with E-state index in [1.807, 2.05) is 26.8 Å². The van der Waals surface area contributed by atoms with Crippen molar-refractivity contribution in [2.75, 3.05) is 19.5 Å². The molecule has 0 aliphatic carbocycles. The number of anilines is 1. The molecule has 17 heavy (non-hydrogen) atoms. The van der Waals surface area contributed by atoms with Gasteiger partial charge < -0.3 is 10.3 Å². The Balaban J connectivity index is 3.28. The molecule has 1 rings (SSSR count). The van der Waals surface area contributed by atoms with Crippen LogP contribution in [0.15, 0.2) is 12.1 Å². The van der Waals surface area contributed by atoms with E-state index in [9.17, 15) is 4.79 Å². The van der Waals surface area contributed by atoms with Gasteiger partial charge in [0.2, 0.25) is 0 Å². The Morgan fingerprint density at radius 2 is 1.94 bits per heavy atom. The van der Waals surface area contributed by atoms with E-state index in [1.54, 1.807) is 20.2 Å². The molecular formula is C12H20N4O. The number of carbonyl (C=O) groups excluding carboxylic acids is 1. The summed E-state index contributed by atoms with van der Waals surface area (Å²) in [5.74, 6) is 5.81. The van der Waals surface area contributed by atoms with E-state index in [0.717, 1.165) is 5.69 Å². The van der Waals surface area contributed by atoms with Crippen molar-refractivity contribution in [3.63, 3.8) is 0 Å². The Bertz CT molecular complexity index is 421. The topological polar surface area (TPSA) is 71.2 Å². The molecule has 0 aliphatic rings. The van der Waals surface area contributed by atoms with Crippen molar-refractivity contribution in [3.8, 4) is 0 Å². The Hall–Kier alpha value is -1.62. The molecule has 0 bridgehead atoms. The first-order chi connectivity index (χ1) is 7.75. The van der Waals surface area contributed by atoms with Gasteiger partial charge >= 0.3 is 0 Å². The van der Waals surface area contributed by atoms with Crippen molar-refractivity contribution < 1.29 is 4.79 Å². The van der Waals surface area contributed by atoms with Crippen molar-refractivity contribution in [2.24, 2.45) is 5.84 Å². The van der Waals surface area contributed by atoms with Crippen LogP contribution in [0.2, 0.25) is 0 Å². The first kappa shape index (κ1) is 13.4. The number of hydrogen-bond donors (Lipinski definition) is 2. The van der Waals surface area contributed by atoms with Gasteiger partial charge in [-0.25, -0.2) is 10.8 Å². The number of pyridine rings is 1. The third kappa shape index (κ3) is 3.17. The fraction of sp³-hybridized carbons (Fsp3) is 0.500. The van der Waals surface area contributed by atoms with Gasteiger partial charge in [-0.3, -0.25) is 4.79 Å². The molecule has 0 saturated carbocycles. The lowest BCUT2D eigenvalue weighted by Crippen LogP contribution is -2.24. The highest BCUT2D eigenvalue weighted by Gasteiger charge is 2.19. The van der Waals surface area contributed by atoms with E-state index in [0.29, 0.717) is 11.4 Å². The molecule has 0 atom stereocenters. The molecule has 0 saturated heterocycles. The fourth-order valence-electron chi connectivity index (χ4n) is 1.37. The Morgan fingerprint density at radius 1 is 1.35 bits per heavy atom. The third-order valence-electron chi connectivity index (χ3n) is 2.39. The van der Waals surface area contributed by atoms with Crippen LogP contribution in [0.1, 0.15) is 36.8 Å². The zero-order valence-electron chi connectivity index (χ0n) is 11.0. The van der Waals surface area contributed by atoms with E-state index >= 15 is 0 Å².